The molecule has 0 atom stereocenters. The molecule has 0 aliphatic carbocycles. The molecule has 2 amide bonds. The maximum atomic E-state index is 13.8. The van der Waals surface area contributed by atoms with Gasteiger partial charge >= 0.3 is 6.09 Å². The van der Waals surface area contributed by atoms with Crippen molar-refractivity contribution < 1.29 is 23.5 Å². The van der Waals surface area contributed by atoms with E-state index in [2.05, 4.69) is 11.0 Å². The number of amides is 2. The molecule has 188 valence electrons. The summed E-state index contributed by atoms with van der Waals surface area (Å²) in [4.78, 5) is 31.1. The third kappa shape index (κ3) is 5.86. The van der Waals surface area contributed by atoms with Gasteiger partial charge in [-0.3, -0.25) is 4.79 Å². The van der Waals surface area contributed by atoms with Crippen molar-refractivity contribution in [3.63, 3.8) is 0 Å². The normalized spacial score (nSPS) is 16.6. The van der Waals surface area contributed by atoms with Crippen LogP contribution in [0.2, 0.25) is 0 Å². The molecule has 35 heavy (non-hydrogen) atoms. The molecule has 2 aromatic carbocycles. The molecule has 7 nitrogen and oxygen atoms in total. The van der Waals surface area contributed by atoms with Crippen LogP contribution in [0.4, 0.5) is 20.6 Å². The average Bonchev–Trinajstić information content (AvgIpc) is 2.95. The third-order valence-corrected chi connectivity index (χ3v) is 6.31. The summed E-state index contributed by atoms with van der Waals surface area (Å²) in [6.45, 7) is 8.32. The lowest BCUT2D eigenvalue weighted by molar-refractivity contribution is -0.118. The molecule has 0 bridgehead atoms. The number of hydrogen-bond acceptors (Lipinski definition) is 5. The van der Waals surface area contributed by atoms with Crippen LogP contribution in [-0.2, 0) is 22.5 Å². The summed E-state index contributed by atoms with van der Waals surface area (Å²) in [5.41, 5.74) is 3.05. The van der Waals surface area contributed by atoms with Crippen molar-refractivity contribution in [2.45, 2.75) is 52.2 Å². The van der Waals surface area contributed by atoms with Crippen molar-refractivity contribution in [2.24, 2.45) is 0 Å². The van der Waals surface area contributed by atoms with E-state index in [0.29, 0.717) is 44.9 Å². The summed E-state index contributed by atoms with van der Waals surface area (Å²) < 4.78 is 25.0. The van der Waals surface area contributed by atoms with Gasteiger partial charge in [0.15, 0.2) is 0 Å². The van der Waals surface area contributed by atoms with Crippen LogP contribution in [0.15, 0.2) is 36.4 Å². The highest BCUT2D eigenvalue weighted by molar-refractivity contribution is 5.95. The van der Waals surface area contributed by atoms with Gasteiger partial charge in [0.1, 0.15) is 17.2 Å². The Balaban J connectivity index is 1.57. The standard InChI is InChI=1S/C27H34FN3O4/c1-27(2,3)35-26(33)30-13-11-29(12-14-30)23-16-20-8-6-10-25(32)31(22(20)17-24(23)34-4)18-19-7-5-9-21(28)15-19/h5,7,9,15-17H,6,8,10-14,18H2,1-4H3. The summed E-state index contributed by atoms with van der Waals surface area (Å²) in [6.07, 6.45) is 1.67. The lowest BCUT2D eigenvalue weighted by atomic mass is 10.0. The van der Waals surface area contributed by atoms with Crippen molar-refractivity contribution in [3.8, 4) is 5.75 Å². The number of methoxy groups -OCH3 is 1. The Morgan fingerprint density at radius 3 is 2.43 bits per heavy atom. The number of ether oxygens (including phenoxy) is 2. The van der Waals surface area contributed by atoms with Gasteiger partial charge in [0.2, 0.25) is 5.91 Å². The number of carbonyl (C=O) groups excluding carboxylic acids is 2. The van der Waals surface area contributed by atoms with Crippen LogP contribution in [0.1, 0.15) is 44.7 Å². The summed E-state index contributed by atoms with van der Waals surface area (Å²) in [5.74, 6) is 0.380. The predicted molar refractivity (Wildman–Crippen MR) is 134 cm³/mol. The molecule has 8 heteroatoms. The highest BCUT2D eigenvalue weighted by Crippen LogP contribution is 2.39. The topological polar surface area (TPSA) is 62.3 Å². The lowest BCUT2D eigenvalue weighted by Crippen LogP contribution is -2.50. The van der Waals surface area contributed by atoms with E-state index < -0.39 is 5.60 Å². The molecule has 2 aliphatic rings. The smallest absolute Gasteiger partial charge is 0.410 e. The predicted octanol–water partition coefficient (Wildman–Crippen LogP) is 4.76. The largest absolute Gasteiger partial charge is 0.495 e. The number of hydrogen-bond donors (Lipinski definition) is 0. The Morgan fingerprint density at radius 2 is 1.77 bits per heavy atom. The molecule has 0 N–H and O–H groups in total. The zero-order valence-electron chi connectivity index (χ0n) is 21.0. The summed E-state index contributed by atoms with van der Waals surface area (Å²) >= 11 is 0. The van der Waals surface area contributed by atoms with Gasteiger partial charge in [-0.25, -0.2) is 9.18 Å². The molecule has 2 heterocycles. The second kappa shape index (κ2) is 10.1. The molecule has 0 radical (unpaired) electrons. The van der Waals surface area contributed by atoms with Gasteiger partial charge in [0.05, 0.1) is 25.0 Å². The molecule has 0 saturated carbocycles. The van der Waals surface area contributed by atoms with Crippen molar-refractivity contribution >= 4 is 23.4 Å². The first-order valence-electron chi connectivity index (χ1n) is 12.1. The average molecular weight is 484 g/mol. The fourth-order valence-electron chi connectivity index (χ4n) is 4.61. The maximum absolute atomic E-state index is 13.8. The van der Waals surface area contributed by atoms with Gasteiger partial charge < -0.3 is 24.2 Å². The van der Waals surface area contributed by atoms with E-state index in [1.165, 1.54) is 12.1 Å². The number of anilines is 2. The molecule has 0 unspecified atom stereocenters. The number of piperazine rings is 1. The van der Waals surface area contributed by atoms with Gasteiger partial charge in [-0.05, 0) is 62.9 Å². The van der Waals surface area contributed by atoms with Crippen molar-refractivity contribution in [2.75, 3.05) is 43.1 Å². The Bertz CT molecular complexity index is 1090. The zero-order chi connectivity index (χ0) is 25.2. The van der Waals surface area contributed by atoms with E-state index in [4.69, 9.17) is 9.47 Å². The van der Waals surface area contributed by atoms with Crippen LogP contribution in [0.3, 0.4) is 0 Å². The van der Waals surface area contributed by atoms with E-state index in [-0.39, 0.29) is 17.8 Å². The first-order chi connectivity index (χ1) is 16.6. The number of carbonyl (C=O) groups is 2. The number of rotatable bonds is 4. The number of fused-ring (bicyclic) bond motifs is 1. The fourth-order valence-corrected chi connectivity index (χ4v) is 4.61. The monoisotopic (exact) mass is 483 g/mol. The Morgan fingerprint density at radius 1 is 1.03 bits per heavy atom. The van der Waals surface area contributed by atoms with Crippen molar-refractivity contribution in [1.29, 1.82) is 0 Å². The second-order valence-electron chi connectivity index (χ2n) is 10.1. The molecule has 2 aromatic rings. The minimum atomic E-state index is -0.525. The third-order valence-electron chi connectivity index (χ3n) is 6.31. The number of halogens is 1. The zero-order valence-corrected chi connectivity index (χ0v) is 21.0. The van der Waals surface area contributed by atoms with E-state index in [0.717, 1.165) is 35.3 Å². The van der Waals surface area contributed by atoms with Crippen LogP contribution in [-0.4, -0.2) is 55.8 Å². The quantitative estimate of drug-likeness (QED) is 0.628. The SMILES string of the molecule is COc1cc2c(cc1N1CCN(C(=O)OC(C)(C)C)CC1)CCCC(=O)N2Cc1cccc(F)c1. The highest BCUT2D eigenvalue weighted by atomic mass is 19.1. The number of benzene rings is 2. The first kappa shape index (κ1) is 24.8. The van der Waals surface area contributed by atoms with Gasteiger partial charge in [-0.2, -0.15) is 0 Å². The minimum Gasteiger partial charge on any atom is -0.495 e. The molecule has 0 aromatic heterocycles. The Labute approximate surface area is 206 Å². The fraction of sp³-hybridized carbons (Fsp3) is 0.481. The molecule has 2 aliphatic heterocycles. The van der Waals surface area contributed by atoms with Crippen LogP contribution < -0.4 is 14.5 Å². The summed E-state index contributed by atoms with van der Waals surface area (Å²) in [5, 5.41) is 0. The molecular weight excluding hydrogens is 449 g/mol. The molecule has 0 spiro atoms. The van der Waals surface area contributed by atoms with E-state index in [1.54, 1.807) is 23.0 Å². The number of nitrogens with zero attached hydrogens (tertiary/aromatic N) is 3. The molecule has 1 fully saturated rings. The molecule has 1 saturated heterocycles. The minimum absolute atomic E-state index is 0.0220. The van der Waals surface area contributed by atoms with Crippen LogP contribution >= 0.6 is 0 Å². The number of aryl methyl sites for hydroxylation is 1. The lowest BCUT2D eigenvalue weighted by Gasteiger charge is -2.37. The van der Waals surface area contributed by atoms with Crippen molar-refractivity contribution in [3.05, 3.63) is 53.3 Å². The highest BCUT2D eigenvalue weighted by Gasteiger charge is 2.29. The first-order valence-corrected chi connectivity index (χ1v) is 12.1. The Kier molecular flexibility index (Phi) is 7.19. The molecular formula is C27H34FN3O4. The van der Waals surface area contributed by atoms with Gasteiger partial charge in [0.25, 0.3) is 0 Å². The maximum Gasteiger partial charge on any atom is 0.410 e. The van der Waals surface area contributed by atoms with Crippen LogP contribution in [0.5, 0.6) is 5.75 Å². The Hall–Kier alpha value is -3.29. The van der Waals surface area contributed by atoms with E-state index in [9.17, 15) is 14.0 Å². The summed E-state index contributed by atoms with van der Waals surface area (Å²) in [6, 6.07) is 10.4. The van der Waals surface area contributed by atoms with Crippen LogP contribution in [0, 0.1) is 5.82 Å². The summed E-state index contributed by atoms with van der Waals surface area (Å²) in [7, 11) is 1.62. The van der Waals surface area contributed by atoms with Gasteiger partial charge in [-0.15, -0.1) is 0 Å². The van der Waals surface area contributed by atoms with E-state index in [1.807, 2.05) is 32.9 Å². The van der Waals surface area contributed by atoms with Gasteiger partial charge in [-0.1, -0.05) is 12.1 Å². The molecule has 4 rings (SSSR count). The second-order valence-corrected chi connectivity index (χ2v) is 10.1. The van der Waals surface area contributed by atoms with Gasteiger partial charge in [0, 0.05) is 38.7 Å². The van der Waals surface area contributed by atoms with Crippen molar-refractivity contribution in [1.82, 2.24) is 4.90 Å². The van der Waals surface area contributed by atoms with E-state index >= 15 is 0 Å². The van der Waals surface area contributed by atoms with Crippen LogP contribution in [0.25, 0.3) is 0 Å².